The van der Waals surface area contributed by atoms with Crippen LogP contribution in [0.2, 0.25) is 0 Å². The molecule has 1 aliphatic heterocycles. The second-order valence-electron chi connectivity index (χ2n) is 5.64. The Hall–Kier alpha value is -1.80. The molecule has 0 aliphatic carbocycles. The van der Waals surface area contributed by atoms with Crippen molar-refractivity contribution in [1.82, 2.24) is 23.8 Å². The Morgan fingerprint density at radius 2 is 1.95 bits per heavy atom. The molecule has 3 rings (SSSR count). The van der Waals surface area contributed by atoms with Crippen LogP contribution in [0.1, 0.15) is 30.1 Å². The van der Waals surface area contributed by atoms with E-state index in [1.54, 1.807) is 24.0 Å². The van der Waals surface area contributed by atoms with Gasteiger partial charge in [-0.25, -0.2) is 13.4 Å². The molecule has 22 heavy (non-hydrogen) atoms. The molecule has 0 radical (unpaired) electrons. The average Bonchev–Trinajstić information content (AvgIpc) is 2.95. The maximum atomic E-state index is 12.5. The predicted molar refractivity (Wildman–Crippen MR) is 80.7 cm³/mol. The first kappa shape index (κ1) is 15.1. The van der Waals surface area contributed by atoms with E-state index in [9.17, 15) is 8.42 Å². The van der Waals surface area contributed by atoms with Crippen molar-refractivity contribution in [1.29, 1.82) is 0 Å². The van der Waals surface area contributed by atoms with Gasteiger partial charge < -0.3 is 4.57 Å². The van der Waals surface area contributed by atoms with Crippen LogP contribution >= 0.6 is 0 Å². The lowest BCUT2D eigenvalue weighted by Gasteiger charge is -2.30. The topological polar surface area (TPSA) is 81.0 Å². The van der Waals surface area contributed by atoms with Gasteiger partial charge in [0.05, 0.1) is 17.7 Å². The highest BCUT2D eigenvalue weighted by molar-refractivity contribution is 7.89. The van der Waals surface area contributed by atoms with Gasteiger partial charge in [-0.3, -0.25) is 9.97 Å². The number of imidazole rings is 1. The summed E-state index contributed by atoms with van der Waals surface area (Å²) in [4.78, 5) is 12.6. The summed E-state index contributed by atoms with van der Waals surface area (Å²) in [6.07, 6.45) is 8.05. The van der Waals surface area contributed by atoms with Gasteiger partial charge in [0.25, 0.3) is 10.0 Å². The second kappa shape index (κ2) is 5.77. The molecular weight excluding hydrogens is 302 g/mol. The van der Waals surface area contributed by atoms with Crippen molar-refractivity contribution < 1.29 is 8.42 Å². The highest BCUT2D eigenvalue weighted by Crippen LogP contribution is 2.29. The Balaban J connectivity index is 1.72. The van der Waals surface area contributed by atoms with E-state index in [2.05, 4.69) is 15.0 Å². The van der Waals surface area contributed by atoms with E-state index < -0.39 is 10.0 Å². The van der Waals surface area contributed by atoms with Crippen LogP contribution in [-0.4, -0.2) is 45.3 Å². The molecule has 3 heterocycles. The van der Waals surface area contributed by atoms with Crippen LogP contribution in [0.3, 0.4) is 0 Å². The SMILES string of the molecule is Cc1cncc(C2CCN(S(=O)(=O)c3cn(C)cn3)CC2)n1. The molecule has 118 valence electrons. The molecule has 0 atom stereocenters. The minimum Gasteiger partial charge on any atom is -0.339 e. The van der Waals surface area contributed by atoms with Crippen molar-refractivity contribution in [2.24, 2.45) is 7.05 Å². The zero-order valence-corrected chi connectivity index (χ0v) is 13.5. The minimum absolute atomic E-state index is 0.115. The van der Waals surface area contributed by atoms with Crippen molar-refractivity contribution >= 4 is 10.0 Å². The Kier molecular flexibility index (Phi) is 3.96. The maximum absolute atomic E-state index is 12.5. The average molecular weight is 321 g/mol. The molecule has 0 aromatic carbocycles. The molecule has 7 nitrogen and oxygen atoms in total. The van der Waals surface area contributed by atoms with Gasteiger partial charge in [-0.05, 0) is 19.8 Å². The zero-order chi connectivity index (χ0) is 15.7. The Morgan fingerprint density at radius 3 is 2.55 bits per heavy atom. The van der Waals surface area contributed by atoms with Gasteiger partial charge in [0.15, 0.2) is 5.03 Å². The molecule has 2 aromatic heterocycles. The van der Waals surface area contributed by atoms with Crippen LogP contribution in [0.5, 0.6) is 0 Å². The lowest BCUT2D eigenvalue weighted by Crippen LogP contribution is -2.38. The maximum Gasteiger partial charge on any atom is 0.262 e. The number of rotatable bonds is 3. The Bertz CT molecular complexity index is 763. The highest BCUT2D eigenvalue weighted by atomic mass is 32.2. The number of nitrogens with zero attached hydrogens (tertiary/aromatic N) is 5. The standard InChI is InChI=1S/C14H19N5O2S/c1-11-7-15-8-13(17-11)12-3-5-19(6-4-12)22(20,21)14-9-18(2)10-16-14/h7-10,12H,3-6H2,1-2H3. The summed E-state index contributed by atoms with van der Waals surface area (Å²) in [5.41, 5.74) is 1.84. The summed E-state index contributed by atoms with van der Waals surface area (Å²) in [6.45, 7) is 2.88. The van der Waals surface area contributed by atoms with Crippen LogP contribution in [0, 0.1) is 6.92 Å². The molecule has 1 saturated heterocycles. The molecule has 0 N–H and O–H groups in total. The Morgan fingerprint density at radius 1 is 1.23 bits per heavy atom. The third kappa shape index (κ3) is 2.89. The molecule has 0 bridgehead atoms. The van der Waals surface area contributed by atoms with Gasteiger partial charge >= 0.3 is 0 Å². The molecule has 0 amide bonds. The number of hydrogen-bond acceptors (Lipinski definition) is 5. The lowest BCUT2D eigenvalue weighted by atomic mass is 9.95. The summed E-state index contributed by atoms with van der Waals surface area (Å²) in [7, 11) is -1.73. The fourth-order valence-corrected chi connectivity index (χ4v) is 4.16. The van der Waals surface area contributed by atoms with Crippen molar-refractivity contribution in [3.8, 4) is 0 Å². The number of sulfonamides is 1. The van der Waals surface area contributed by atoms with E-state index in [0.717, 1.165) is 24.2 Å². The third-order valence-corrected chi connectivity index (χ3v) is 5.72. The van der Waals surface area contributed by atoms with E-state index in [1.165, 1.54) is 16.8 Å². The summed E-state index contributed by atoms with van der Waals surface area (Å²) < 4.78 is 28.2. The Labute approximate surface area is 130 Å². The first-order valence-electron chi connectivity index (χ1n) is 7.23. The minimum atomic E-state index is -3.49. The third-order valence-electron chi connectivity index (χ3n) is 3.93. The monoisotopic (exact) mass is 321 g/mol. The van der Waals surface area contributed by atoms with Crippen LogP contribution in [-0.2, 0) is 17.1 Å². The summed E-state index contributed by atoms with van der Waals surface area (Å²) >= 11 is 0. The molecule has 8 heteroatoms. The molecule has 0 spiro atoms. The van der Waals surface area contributed by atoms with E-state index in [0.29, 0.717) is 13.1 Å². The molecule has 0 unspecified atom stereocenters. The fraction of sp³-hybridized carbons (Fsp3) is 0.500. The molecule has 0 saturated carbocycles. The number of piperidine rings is 1. The van der Waals surface area contributed by atoms with E-state index in [1.807, 2.05) is 6.92 Å². The van der Waals surface area contributed by atoms with Gasteiger partial charge in [0, 0.05) is 44.6 Å². The first-order chi connectivity index (χ1) is 10.5. The van der Waals surface area contributed by atoms with Crippen LogP contribution in [0.25, 0.3) is 0 Å². The van der Waals surface area contributed by atoms with E-state index in [-0.39, 0.29) is 10.9 Å². The lowest BCUT2D eigenvalue weighted by molar-refractivity contribution is 0.315. The van der Waals surface area contributed by atoms with Crippen molar-refractivity contribution in [2.75, 3.05) is 13.1 Å². The van der Waals surface area contributed by atoms with Crippen molar-refractivity contribution in [3.05, 3.63) is 36.3 Å². The van der Waals surface area contributed by atoms with Crippen LogP contribution in [0.15, 0.2) is 29.9 Å². The predicted octanol–water partition coefficient (Wildman–Crippen LogP) is 1.09. The normalized spacial score (nSPS) is 17.7. The molecule has 1 aliphatic rings. The summed E-state index contributed by atoms with van der Waals surface area (Å²) in [6, 6.07) is 0. The van der Waals surface area contributed by atoms with Gasteiger partial charge in [-0.1, -0.05) is 0 Å². The smallest absolute Gasteiger partial charge is 0.262 e. The first-order valence-corrected chi connectivity index (χ1v) is 8.67. The number of hydrogen-bond donors (Lipinski definition) is 0. The molecule has 2 aromatic rings. The van der Waals surface area contributed by atoms with E-state index in [4.69, 9.17) is 0 Å². The quantitative estimate of drug-likeness (QED) is 0.845. The zero-order valence-electron chi connectivity index (χ0n) is 12.7. The largest absolute Gasteiger partial charge is 0.339 e. The number of aromatic nitrogens is 4. The summed E-state index contributed by atoms with van der Waals surface area (Å²) in [5.74, 6) is 0.266. The van der Waals surface area contributed by atoms with Crippen molar-refractivity contribution in [2.45, 2.75) is 30.7 Å². The summed E-state index contributed by atoms with van der Waals surface area (Å²) in [5, 5.41) is 0.115. The van der Waals surface area contributed by atoms with E-state index >= 15 is 0 Å². The van der Waals surface area contributed by atoms with Gasteiger partial charge in [0.2, 0.25) is 0 Å². The highest BCUT2D eigenvalue weighted by Gasteiger charge is 2.31. The number of aryl methyl sites for hydroxylation is 2. The van der Waals surface area contributed by atoms with Gasteiger partial charge in [-0.15, -0.1) is 0 Å². The molecular formula is C14H19N5O2S. The van der Waals surface area contributed by atoms with Gasteiger partial charge in [-0.2, -0.15) is 4.31 Å². The van der Waals surface area contributed by atoms with Gasteiger partial charge in [0.1, 0.15) is 0 Å². The second-order valence-corrected chi connectivity index (χ2v) is 7.53. The van der Waals surface area contributed by atoms with Crippen LogP contribution < -0.4 is 0 Å². The molecule has 1 fully saturated rings. The van der Waals surface area contributed by atoms with Crippen molar-refractivity contribution in [3.63, 3.8) is 0 Å². The fourth-order valence-electron chi connectivity index (χ4n) is 2.73. The van der Waals surface area contributed by atoms with Crippen LogP contribution in [0.4, 0.5) is 0 Å².